The smallest absolute Gasteiger partial charge is 0.402 e. The van der Waals surface area contributed by atoms with Crippen LogP contribution in [0.25, 0.3) is 0 Å². The molecular formula is C11H17BN2O4S. The van der Waals surface area contributed by atoms with Crippen LogP contribution in [0.4, 0.5) is 5.00 Å². The predicted octanol–water partition coefficient (Wildman–Crippen LogP) is 2.29. The molecule has 1 fully saturated rings. The molecule has 104 valence electrons. The molecule has 1 aromatic heterocycles. The summed E-state index contributed by atoms with van der Waals surface area (Å²) in [4.78, 5) is 10.9. The highest BCUT2D eigenvalue weighted by Crippen LogP contribution is 2.40. The van der Waals surface area contributed by atoms with Gasteiger partial charge in [-0.3, -0.25) is 10.1 Å². The fraction of sp³-hybridized carbons (Fsp3) is 0.636. The van der Waals surface area contributed by atoms with E-state index in [9.17, 15) is 10.1 Å². The number of nitrogens with zero attached hydrogens (tertiary/aromatic N) is 1. The van der Waals surface area contributed by atoms with Gasteiger partial charge < -0.3 is 15.0 Å². The number of nitrogens with two attached hydrogens (primary N) is 1. The molecule has 19 heavy (non-hydrogen) atoms. The summed E-state index contributed by atoms with van der Waals surface area (Å²) in [5, 5.41) is 10.7. The van der Waals surface area contributed by atoms with E-state index >= 15 is 0 Å². The molecule has 2 N–H and O–H groups in total. The van der Waals surface area contributed by atoms with Gasteiger partial charge in [-0.15, -0.1) is 0 Å². The van der Waals surface area contributed by atoms with Gasteiger partial charge in [0.15, 0.2) is 0 Å². The van der Waals surface area contributed by atoms with Gasteiger partial charge in [-0.2, -0.15) is 0 Å². The van der Waals surface area contributed by atoms with Gasteiger partial charge in [-0.25, -0.2) is 0 Å². The lowest BCUT2D eigenvalue weighted by Gasteiger charge is -2.32. The van der Waals surface area contributed by atoms with Crippen LogP contribution in [0.2, 0.25) is 0 Å². The van der Waals surface area contributed by atoms with Crippen LogP contribution < -0.4 is 5.73 Å². The van der Waals surface area contributed by atoms with Crippen molar-refractivity contribution in [2.75, 3.05) is 0 Å². The van der Waals surface area contributed by atoms with Gasteiger partial charge in [-0.05, 0) is 33.8 Å². The third-order valence-corrected chi connectivity index (χ3v) is 4.82. The lowest BCUT2D eigenvalue weighted by Crippen LogP contribution is -2.41. The molecule has 1 atom stereocenters. The van der Waals surface area contributed by atoms with Gasteiger partial charge >= 0.3 is 12.1 Å². The Kier molecular flexibility index (Phi) is 3.46. The Labute approximate surface area is 116 Å². The zero-order valence-electron chi connectivity index (χ0n) is 11.4. The highest BCUT2D eigenvalue weighted by Gasteiger charge is 2.53. The minimum absolute atomic E-state index is 0.0713. The van der Waals surface area contributed by atoms with Crippen LogP contribution in [-0.2, 0) is 9.31 Å². The fourth-order valence-corrected chi connectivity index (χ4v) is 2.62. The van der Waals surface area contributed by atoms with Crippen molar-refractivity contribution in [3.05, 3.63) is 27.1 Å². The quantitative estimate of drug-likeness (QED) is 0.522. The Morgan fingerprint density at radius 1 is 1.32 bits per heavy atom. The molecule has 6 nitrogen and oxygen atoms in total. The zero-order chi connectivity index (χ0) is 14.4. The average Bonchev–Trinajstić information content (AvgIpc) is 2.82. The summed E-state index contributed by atoms with van der Waals surface area (Å²) in [7, 11) is -0.594. The first-order valence-electron chi connectivity index (χ1n) is 5.99. The van der Waals surface area contributed by atoms with Crippen LogP contribution in [-0.4, -0.2) is 23.2 Å². The molecule has 1 aliphatic rings. The second-order valence-electron chi connectivity index (χ2n) is 5.58. The van der Waals surface area contributed by atoms with Gasteiger partial charge in [-0.1, -0.05) is 11.3 Å². The Balaban J connectivity index is 2.17. The summed E-state index contributed by atoms with van der Waals surface area (Å²) in [6.07, 6.45) is 0. The minimum atomic E-state index is -0.594. The van der Waals surface area contributed by atoms with E-state index in [4.69, 9.17) is 15.0 Å². The van der Waals surface area contributed by atoms with E-state index in [0.29, 0.717) is 4.88 Å². The lowest BCUT2D eigenvalue weighted by molar-refractivity contribution is -0.380. The van der Waals surface area contributed by atoms with Crippen LogP contribution in [0.1, 0.15) is 38.5 Å². The molecule has 1 aliphatic heterocycles. The van der Waals surface area contributed by atoms with Gasteiger partial charge in [0.2, 0.25) is 0 Å². The number of nitro groups is 1. The van der Waals surface area contributed by atoms with E-state index in [-0.39, 0.29) is 5.00 Å². The molecule has 8 heteroatoms. The molecular weight excluding hydrogens is 267 g/mol. The van der Waals surface area contributed by atoms with Crippen molar-refractivity contribution >= 4 is 23.5 Å². The zero-order valence-corrected chi connectivity index (χ0v) is 12.2. The van der Waals surface area contributed by atoms with E-state index in [1.54, 1.807) is 6.07 Å². The van der Waals surface area contributed by atoms with Crippen LogP contribution >= 0.6 is 11.3 Å². The largest absolute Gasteiger partial charge is 0.481 e. The van der Waals surface area contributed by atoms with Crippen LogP contribution in [0.5, 0.6) is 0 Å². The SMILES string of the molecule is CC1(C)OB([C@H](N)c2ccc([N+](=O)[O-])s2)OC1(C)C. The first-order valence-corrected chi connectivity index (χ1v) is 6.81. The minimum Gasteiger partial charge on any atom is -0.402 e. The van der Waals surface area contributed by atoms with Crippen molar-refractivity contribution in [1.82, 2.24) is 0 Å². The number of rotatable bonds is 3. The molecule has 0 radical (unpaired) electrons. The maximum Gasteiger partial charge on any atom is 0.481 e. The summed E-state index contributed by atoms with van der Waals surface area (Å²) in [6, 6.07) is 3.10. The fourth-order valence-electron chi connectivity index (χ4n) is 1.79. The third-order valence-electron chi connectivity index (χ3n) is 3.69. The van der Waals surface area contributed by atoms with Gasteiger partial charge in [0.1, 0.15) is 0 Å². The molecule has 0 saturated carbocycles. The topological polar surface area (TPSA) is 87.6 Å². The van der Waals surface area contributed by atoms with Crippen molar-refractivity contribution in [3.63, 3.8) is 0 Å². The monoisotopic (exact) mass is 284 g/mol. The Bertz CT molecular complexity index is 487. The molecule has 0 unspecified atom stereocenters. The molecule has 1 aromatic rings. The summed E-state index contributed by atoms with van der Waals surface area (Å²) < 4.78 is 11.7. The first kappa shape index (κ1) is 14.5. The normalized spacial score (nSPS) is 22.5. The second kappa shape index (κ2) is 4.55. The standard InChI is InChI=1S/C11H17BN2O4S/c1-10(2)11(3,4)18-12(17-10)9(13)7-5-6-8(19-7)14(15)16/h5-6,9H,13H2,1-4H3/t9-/m1/s1. The average molecular weight is 284 g/mol. The van der Waals surface area contributed by atoms with Crippen molar-refractivity contribution in [2.45, 2.75) is 44.8 Å². The van der Waals surface area contributed by atoms with E-state index in [1.807, 2.05) is 27.7 Å². The molecule has 0 aliphatic carbocycles. The molecule has 0 aromatic carbocycles. The Morgan fingerprint density at radius 3 is 2.26 bits per heavy atom. The number of hydrogen-bond acceptors (Lipinski definition) is 6. The van der Waals surface area contributed by atoms with E-state index < -0.39 is 29.2 Å². The van der Waals surface area contributed by atoms with Crippen LogP contribution in [0.15, 0.2) is 12.1 Å². The van der Waals surface area contributed by atoms with E-state index in [0.717, 1.165) is 11.3 Å². The highest BCUT2D eigenvalue weighted by molar-refractivity contribution is 7.15. The Morgan fingerprint density at radius 2 is 1.84 bits per heavy atom. The summed E-state index contributed by atoms with van der Waals surface area (Å²) in [5.41, 5.74) is 5.17. The summed E-state index contributed by atoms with van der Waals surface area (Å²) in [6.45, 7) is 7.76. The molecule has 2 rings (SSSR count). The highest BCUT2D eigenvalue weighted by atomic mass is 32.1. The number of hydrogen-bond donors (Lipinski definition) is 1. The molecule has 2 heterocycles. The maximum absolute atomic E-state index is 10.7. The third kappa shape index (κ3) is 2.53. The van der Waals surface area contributed by atoms with Crippen LogP contribution in [0, 0.1) is 10.1 Å². The summed E-state index contributed by atoms with van der Waals surface area (Å²) >= 11 is 1.05. The van der Waals surface area contributed by atoms with Crippen molar-refractivity contribution in [3.8, 4) is 0 Å². The van der Waals surface area contributed by atoms with E-state index in [1.165, 1.54) is 6.07 Å². The lowest BCUT2D eigenvalue weighted by atomic mass is 9.78. The number of thiophene rings is 1. The van der Waals surface area contributed by atoms with E-state index in [2.05, 4.69) is 0 Å². The molecule has 0 bridgehead atoms. The van der Waals surface area contributed by atoms with Crippen molar-refractivity contribution in [1.29, 1.82) is 0 Å². The second-order valence-corrected chi connectivity index (χ2v) is 6.68. The maximum atomic E-state index is 10.7. The first-order chi connectivity index (χ1) is 8.64. The molecule has 1 saturated heterocycles. The van der Waals surface area contributed by atoms with Crippen molar-refractivity contribution in [2.24, 2.45) is 5.73 Å². The van der Waals surface area contributed by atoms with Crippen molar-refractivity contribution < 1.29 is 14.2 Å². The predicted molar refractivity (Wildman–Crippen MR) is 74.0 cm³/mol. The molecule has 0 amide bonds. The molecule has 0 spiro atoms. The van der Waals surface area contributed by atoms with Gasteiger partial charge in [0, 0.05) is 10.9 Å². The van der Waals surface area contributed by atoms with Crippen LogP contribution in [0.3, 0.4) is 0 Å². The Hall–Kier alpha value is -0.955. The summed E-state index contributed by atoms with van der Waals surface area (Å²) in [5.74, 6) is -0.528. The van der Waals surface area contributed by atoms with Gasteiger partial charge in [0.05, 0.1) is 22.1 Å². The van der Waals surface area contributed by atoms with Gasteiger partial charge in [0.25, 0.3) is 0 Å².